The van der Waals surface area contributed by atoms with E-state index in [0.29, 0.717) is 5.75 Å². The van der Waals surface area contributed by atoms with Gasteiger partial charge in [-0.1, -0.05) is 25.4 Å². The number of thioether (sulfide) groups is 1. The summed E-state index contributed by atoms with van der Waals surface area (Å²) in [5.41, 5.74) is 0.195. The molecule has 0 radical (unpaired) electrons. The number of carbonyl (C=O) groups is 2. The van der Waals surface area contributed by atoms with Crippen LogP contribution in [-0.4, -0.2) is 39.1 Å². The van der Waals surface area contributed by atoms with E-state index in [1.54, 1.807) is 0 Å². The lowest BCUT2D eigenvalue weighted by Gasteiger charge is -2.29. The van der Waals surface area contributed by atoms with Crippen LogP contribution in [0.4, 0.5) is 4.39 Å². The lowest BCUT2D eigenvalue weighted by atomic mass is 10.1. The van der Waals surface area contributed by atoms with E-state index in [1.165, 1.54) is 28.8 Å². The fourth-order valence-corrected chi connectivity index (χ4v) is 3.92. The molecule has 1 aliphatic heterocycles. The van der Waals surface area contributed by atoms with E-state index in [-0.39, 0.29) is 21.9 Å². The number of nitrogens with zero attached hydrogens (tertiary/aromatic N) is 1. The highest BCUT2D eigenvalue weighted by molar-refractivity contribution is 8.00. The van der Waals surface area contributed by atoms with Crippen molar-refractivity contribution in [2.75, 3.05) is 5.75 Å². The van der Waals surface area contributed by atoms with Crippen LogP contribution in [0.25, 0.3) is 0 Å². The van der Waals surface area contributed by atoms with Gasteiger partial charge in [-0.05, 0) is 24.1 Å². The zero-order valence-electron chi connectivity index (χ0n) is 11.5. The minimum atomic E-state index is -1.03. The number of halogens is 2. The van der Waals surface area contributed by atoms with Crippen LogP contribution in [0.15, 0.2) is 18.2 Å². The molecule has 0 saturated carbocycles. The van der Waals surface area contributed by atoms with Gasteiger partial charge < -0.3 is 10.0 Å². The van der Waals surface area contributed by atoms with Crippen molar-refractivity contribution < 1.29 is 19.1 Å². The first kappa shape index (κ1) is 16.1. The molecule has 0 aliphatic carbocycles. The molecule has 0 spiro atoms. The molecule has 4 nitrogen and oxygen atoms in total. The number of hydrogen-bond acceptors (Lipinski definition) is 3. The topological polar surface area (TPSA) is 57.6 Å². The van der Waals surface area contributed by atoms with E-state index >= 15 is 0 Å². The lowest BCUT2D eigenvalue weighted by molar-refractivity contribution is -0.141. The van der Waals surface area contributed by atoms with Crippen molar-refractivity contribution in [3.05, 3.63) is 34.6 Å². The SMILES string of the molecule is CC(C)C1SCC(C(=O)O)N1C(=O)c1ccc(F)c(Cl)c1. The minimum absolute atomic E-state index is 0.110. The standard InChI is InChI=1S/C14H15ClFNO3S/c1-7(2)13-17(11(6-21-13)14(19)20)12(18)8-3-4-10(16)9(15)5-8/h3-5,7,11,13H,6H2,1-2H3,(H,19,20). The molecular weight excluding hydrogens is 317 g/mol. The third-order valence-electron chi connectivity index (χ3n) is 3.29. The Labute approximate surface area is 131 Å². The molecular formula is C14H15ClFNO3S. The van der Waals surface area contributed by atoms with Gasteiger partial charge in [-0.25, -0.2) is 9.18 Å². The summed E-state index contributed by atoms with van der Waals surface area (Å²) in [6, 6.07) is 2.79. The second-order valence-corrected chi connectivity index (χ2v) is 6.72. The van der Waals surface area contributed by atoms with Gasteiger partial charge in [-0.15, -0.1) is 11.8 Å². The van der Waals surface area contributed by atoms with E-state index in [1.807, 2.05) is 13.8 Å². The zero-order valence-corrected chi connectivity index (χ0v) is 13.1. The number of hydrogen-bond donors (Lipinski definition) is 1. The maximum Gasteiger partial charge on any atom is 0.327 e. The van der Waals surface area contributed by atoms with Crippen LogP contribution in [0.5, 0.6) is 0 Å². The van der Waals surface area contributed by atoms with Crippen molar-refractivity contribution in [2.24, 2.45) is 5.92 Å². The lowest BCUT2D eigenvalue weighted by Crippen LogP contribution is -2.47. The van der Waals surface area contributed by atoms with Gasteiger partial charge >= 0.3 is 5.97 Å². The maximum atomic E-state index is 13.2. The smallest absolute Gasteiger partial charge is 0.327 e. The summed E-state index contributed by atoms with van der Waals surface area (Å²) in [5, 5.41) is 8.91. The summed E-state index contributed by atoms with van der Waals surface area (Å²) < 4.78 is 13.2. The van der Waals surface area contributed by atoms with Crippen LogP contribution < -0.4 is 0 Å². The molecule has 2 rings (SSSR count). The van der Waals surface area contributed by atoms with Gasteiger partial charge in [0, 0.05) is 11.3 Å². The molecule has 1 saturated heterocycles. The fraction of sp³-hybridized carbons (Fsp3) is 0.429. The molecule has 0 bridgehead atoms. The Balaban J connectivity index is 2.36. The van der Waals surface area contributed by atoms with Gasteiger partial charge in [-0.3, -0.25) is 4.79 Å². The number of rotatable bonds is 3. The molecule has 1 N–H and O–H groups in total. The van der Waals surface area contributed by atoms with Crippen molar-refractivity contribution in [2.45, 2.75) is 25.3 Å². The van der Waals surface area contributed by atoms with Gasteiger partial charge in [0.15, 0.2) is 0 Å². The molecule has 1 aliphatic rings. The Kier molecular flexibility index (Phi) is 4.78. The largest absolute Gasteiger partial charge is 0.480 e. The van der Waals surface area contributed by atoms with Crippen molar-refractivity contribution in [1.82, 2.24) is 4.90 Å². The molecule has 1 amide bonds. The molecule has 21 heavy (non-hydrogen) atoms. The number of aliphatic carboxylic acids is 1. The normalized spacial score (nSPS) is 21.9. The summed E-state index contributed by atoms with van der Waals surface area (Å²) in [4.78, 5) is 25.3. The molecule has 1 aromatic rings. The number of amides is 1. The zero-order chi connectivity index (χ0) is 15.7. The molecule has 1 fully saturated rings. The van der Waals surface area contributed by atoms with Crippen LogP contribution in [0.2, 0.25) is 5.02 Å². The second kappa shape index (κ2) is 6.23. The highest BCUT2D eigenvalue weighted by atomic mass is 35.5. The third-order valence-corrected chi connectivity index (χ3v) is 5.20. The molecule has 2 unspecified atom stereocenters. The summed E-state index contributed by atoms with van der Waals surface area (Å²) >= 11 is 7.14. The van der Waals surface area contributed by atoms with E-state index in [2.05, 4.69) is 0 Å². The summed E-state index contributed by atoms with van der Waals surface area (Å²) in [6.45, 7) is 3.86. The van der Waals surface area contributed by atoms with Crippen molar-refractivity contribution in [3.8, 4) is 0 Å². The average Bonchev–Trinajstić information content (AvgIpc) is 2.86. The molecule has 0 aromatic heterocycles. The van der Waals surface area contributed by atoms with Crippen LogP contribution in [-0.2, 0) is 4.79 Å². The number of carbonyl (C=O) groups excluding carboxylic acids is 1. The Morgan fingerprint density at radius 3 is 2.67 bits per heavy atom. The van der Waals surface area contributed by atoms with Gasteiger partial charge in [-0.2, -0.15) is 0 Å². The highest BCUT2D eigenvalue weighted by Crippen LogP contribution is 2.35. The molecule has 1 heterocycles. The van der Waals surface area contributed by atoms with Crippen LogP contribution >= 0.6 is 23.4 Å². The van der Waals surface area contributed by atoms with Crippen LogP contribution in [0.1, 0.15) is 24.2 Å². The highest BCUT2D eigenvalue weighted by Gasteiger charge is 2.43. The first-order chi connectivity index (χ1) is 9.82. The second-order valence-electron chi connectivity index (χ2n) is 5.16. The summed E-state index contributed by atoms with van der Waals surface area (Å²) in [6.07, 6.45) is 0. The Morgan fingerprint density at radius 2 is 2.14 bits per heavy atom. The van der Waals surface area contributed by atoms with Crippen LogP contribution in [0, 0.1) is 11.7 Å². The Morgan fingerprint density at radius 1 is 1.48 bits per heavy atom. The average molecular weight is 332 g/mol. The quantitative estimate of drug-likeness (QED) is 0.924. The molecule has 1 aromatic carbocycles. The third kappa shape index (κ3) is 3.16. The van der Waals surface area contributed by atoms with E-state index in [9.17, 15) is 19.1 Å². The predicted octanol–water partition coefficient (Wildman–Crippen LogP) is 3.10. The van der Waals surface area contributed by atoms with Gasteiger partial charge in [0.25, 0.3) is 5.91 Å². The summed E-state index contributed by atoms with van der Waals surface area (Å²) in [5.74, 6) is -1.63. The minimum Gasteiger partial charge on any atom is -0.480 e. The van der Waals surface area contributed by atoms with Gasteiger partial charge in [0.1, 0.15) is 11.9 Å². The fourth-order valence-electron chi connectivity index (χ4n) is 2.27. The van der Waals surface area contributed by atoms with E-state index in [4.69, 9.17) is 11.6 Å². The van der Waals surface area contributed by atoms with Crippen molar-refractivity contribution in [3.63, 3.8) is 0 Å². The van der Waals surface area contributed by atoms with Gasteiger partial charge in [0.2, 0.25) is 0 Å². The number of carboxylic acid groups (broad SMARTS) is 1. The first-order valence-corrected chi connectivity index (χ1v) is 7.87. The van der Waals surface area contributed by atoms with Gasteiger partial charge in [0.05, 0.1) is 10.4 Å². The molecule has 114 valence electrons. The van der Waals surface area contributed by atoms with E-state index < -0.39 is 23.7 Å². The molecule has 2 atom stereocenters. The number of benzene rings is 1. The summed E-state index contributed by atoms with van der Waals surface area (Å²) in [7, 11) is 0. The maximum absolute atomic E-state index is 13.2. The van der Waals surface area contributed by atoms with E-state index in [0.717, 1.165) is 6.07 Å². The van der Waals surface area contributed by atoms with Crippen LogP contribution in [0.3, 0.4) is 0 Å². The predicted molar refractivity (Wildman–Crippen MR) is 80.1 cm³/mol. The first-order valence-electron chi connectivity index (χ1n) is 6.45. The molecule has 7 heteroatoms. The Hall–Kier alpha value is -1.27. The monoisotopic (exact) mass is 331 g/mol. The van der Waals surface area contributed by atoms with Crippen molar-refractivity contribution in [1.29, 1.82) is 0 Å². The Bertz CT molecular complexity index is 581. The number of carboxylic acids is 1. The van der Waals surface area contributed by atoms with Crippen molar-refractivity contribution >= 4 is 35.2 Å².